The number of hydrogen-bond donors (Lipinski definition) is 1. The molecule has 11 heteroatoms. The van der Waals surface area contributed by atoms with Crippen molar-refractivity contribution < 1.29 is 28.9 Å². The van der Waals surface area contributed by atoms with E-state index in [9.17, 15) is 9.59 Å². The van der Waals surface area contributed by atoms with Gasteiger partial charge in [-0.05, 0) is 17.7 Å². The van der Waals surface area contributed by atoms with Gasteiger partial charge in [0.2, 0.25) is 0 Å². The lowest BCUT2D eigenvalue weighted by Gasteiger charge is -2.01. The molecule has 0 spiro atoms. The summed E-state index contributed by atoms with van der Waals surface area (Å²) in [5.41, 5.74) is 1.01. The molecule has 2 rings (SSSR count). The average molecular weight is 444 g/mol. The van der Waals surface area contributed by atoms with Crippen LogP contribution >= 0.6 is 34.8 Å². The molecule has 0 aliphatic heterocycles. The predicted molar refractivity (Wildman–Crippen MR) is 102 cm³/mol. The highest BCUT2D eigenvalue weighted by molar-refractivity contribution is 6.61. The normalized spacial score (nSPS) is 9.26. The molecule has 0 radical (unpaired) electrons. The molecule has 0 atom stereocenters. The fraction of sp³-hybridized carbons (Fsp3) is 0.375. The highest BCUT2D eigenvalue weighted by Crippen LogP contribution is 2.02. The van der Waals surface area contributed by atoms with Crippen molar-refractivity contribution in [3.63, 3.8) is 0 Å². The van der Waals surface area contributed by atoms with Gasteiger partial charge in [-0.15, -0.1) is 0 Å². The zero-order chi connectivity index (χ0) is 20.7. The molecular formula is C16H21Cl3N2O6. The Morgan fingerprint density at radius 2 is 1.48 bits per heavy atom. The molecule has 0 unspecified atom stereocenters. The van der Waals surface area contributed by atoms with E-state index in [1.165, 1.54) is 0 Å². The fourth-order valence-corrected chi connectivity index (χ4v) is 1.87. The Morgan fingerprint density at radius 1 is 0.963 bits per heavy atom. The first-order chi connectivity index (χ1) is 12.8. The van der Waals surface area contributed by atoms with E-state index in [1.54, 1.807) is 0 Å². The molecule has 1 N–H and O–H groups in total. The third-order valence-corrected chi connectivity index (χ3v) is 2.99. The Kier molecular flexibility index (Phi) is 14.2. The van der Waals surface area contributed by atoms with Crippen molar-refractivity contribution in [3.05, 3.63) is 48.0 Å². The van der Waals surface area contributed by atoms with E-state index in [0.717, 1.165) is 11.1 Å². The van der Waals surface area contributed by atoms with Crippen LogP contribution in [0.25, 0.3) is 0 Å². The number of aliphatic hydroxyl groups is 1. The van der Waals surface area contributed by atoms with Crippen LogP contribution in [0, 0.1) is 0 Å². The smallest absolute Gasteiger partial charge is 0.437 e. The summed E-state index contributed by atoms with van der Waals surface area (Å²) in [6.07, 6.45) is 6.77. The number of alkyl halides is 2. The number of aryl methyl sites for hydroxylation is 2. The van der Waals surface area contributed by atoms with Gasteiger partial charge < -0.3 is 28.5 Å². The van der Waals surface area contributed by atoms with Crippen molar-refractivity contribution >= 4 is 46.4 Å². The number of carbonyl (C=O) groups is 2. The summed E-state index contributed by atoms with van der Waals surface area (Å²) < 4.78 is 16.8. The Hall–Kier alpha value is -1.87. The van der Waals surface area contributed by atoms with Crippen LogP contribution in [0.2, 0.25) is 0 Å². The summed E-state index contributed by atoms with van der Waals surface area (Å²) in [5.74, 6) is 0. The zero-order valence-electron chi connectivity index (χ0n) is 14.8. The van der Waals surface area contributed by atoms with E-state index in [2.05, 4.69) is 21.1 Å². The summed E-state index contributed by atoms with van der Waals surface area (Å²) in [5, 5.41) is 8.54. The van der Waals surface area contributed by atoms with Crippen molar-refractivity contribution in [2.24, 2.45) is 14.1 Å². The van der Waals surface area contributed by atoms with Gasteiger partial charge in [0.15, 0.2) is 12.1 Å². The number of carbonyl (C=O) groups excluding carboxylic acids is 2. The van der Waals surface area contributed by atoms with Gasteiger partial charge in [-0.3, -0.25) is 0 Å². The first-order valence-electron chi connectivity index (χ1n) is 7.38. The van der Waals surface area contributed by atoms with E-state index in [-0.39, 0.29) is 25.3 Å². The van der Waals surface area contributed by atoms with Crippen molar-refractivity contribution in [2.45, 2.75) is 13.2 Å². The second kappa shape index (κ2) is 15.2. The molecule has 0 aliphatic rings. The maximum absolute atomic E-state index is 10.7. The van der Waals surface area contributed by atoms with Crippen LogP contribution in [0.3, 0.4) is 0 Å². The highest BCUT2D eigenvalue weighted by Gasteiger charge is 2.03. The van der Waals surface area contributed by atoms with Crippen molar-refractivity contribution in [2.75, 3.05) is 12.1 Å². The first-order valence-corrected chi connectivity index (χ1v) is 8.83. The number of nitrogens with zero attached hydrogens (tertiary/aromatic N) is 2. The van der Waals surface area contributed by atoms with Crippen LogP contribution in [0.5, 0.6) is 0 Å². The van der Waals surface area contributed by atoms with Gasteiger partial charge >= 0.3 is 11.6 Å². The van der Waals surface area contributed by atoms with Gasteiger partial charge in [-0.2, -0.15) is 0 Å². The fourth-order valence-electron chi connectivity index (χ4n) is 1.57. The third-order valence-electron chi connectivity index (χ3n) is 2.67. The number of aliphatic hydroxyl groups excluding tert-OH is 1. The average Bonchev–Trinajstić information content (AvgIpc) is 3.22. The summed E-state index contributed by atoms with van der Waals surface area (Å²) in [6.45, 7) is 0.345. The molecule has 0 fully saturated rings. The molecule has 8 nitrogen and oxygen atoms in total. The lowest BCUT2D eigenvalue weighted by molar-refractivity contribution is 0.0620. The summed E-state index contributed by atoms with van der Waals surface area (Å²) in [6, 6.07) is 3.38. The monoisotopic (exact) mass is 442 g/mol. The van der Waals surface area contributed by atoms with E-state index in [0.29, 0.717) is 0 Å². The second-order valence-electron chi connectivity index (χ2n) is 4.81. The molecule has 27 heavy (non-hydrogen) atoms. The van der Waals surface area contributed by atoms with Gasteiger partial charge in [-0.1, -0.05) is 23.2 Å². The maximum atomic E-state index is 10.7. The minimum atomic E-state index is -0.870. The molecule has 0 aliphatic carbocycles. The van der Waals surface area contributed by atoms with Crippen LogP contribution in [0.4, 0.5) is 9.59 Å². The predicted octanol–water partition coefficient (Wildman–Crippen LogP) is 3.95. The number of halogens is 3. The molecule has 0 amide bonds. The maximum Gasteiger partial charge on any atom is 0.509 e. The molecule has 0 bridgehead atoms. The first kappa shape index (κ1) is 25.1. The minimum Gasteiger partial charge on any atom is -0.437 e. The topological polar surface area (TPSA) is 91.9 Å². The van der Waals surface area contributed by atoms with E-state index < -0.39 is 11.6 Å². The molecular weight excluding hydrogens is 423 g/mol. The zero-order valence-corrected chi connectivity index (χ0v) is 17.1. The van der Waals surface area contributed by atoms with E-state index >= 15 is 0 Å². The standard InChI is InChI=1S/C8H10ClNO3.C6H9NO.C2H2Cl2O2/c1-10-3-2-7(4-10)5-12-8(11)13-6-9;1-7-3-2-6(4-7)5-8;3-1-6-2(4)5/h2-4H,5-6H2,1H3;2-4,8H,5H2,1H3;1H2. The lowest BCUT2D eigenvalue weighted by Crippen LogP contribution is -2.05. The molecule has 0 saturated carbocycles. The van der Waals surface area contributed by atoms with E-state index in [1.807, 2.05) is 60.1 Å². The SMILES string of the molecule is Cn1ccc(CO)c1.Cn1ccc(COC(=O)OCCl)c1.O=C(Cl)OCCl. The minimum absolute atomic E-state index is 0.140. The largest absolute Gasteiger partial charge is 0.509 e. The highest BCUT2D eigenvalue weighted by atomic mass is 35.5. The number of aromatic nitrogens is 2. The van der Waals surface area contributed by atoms with Crippen molar-refractivity contribution in [1.29, 1.82) is 0 Å². The van der Waals surface area contributed by atoms with Gasteiger partial charge in [0.25, 0.3) is 0 Å². The Morgan fingerprint density at radius 3 is 1.78 bits per heavy atom. The van der Waals surface area contributed by atoms with Crippen molar-refractivity contribution in [1.82, 2.24) is 9.13 Å². The molecule has 2 heterocycles. The van der Waals surface area contributed by atoms with Crippen LogP contribution in [0.1, 0.15) is 11.1 Å². The van der Waals surface area contributed by atoms with E-state index in [4.69, 9.17) is 33.0 Å². The number of ether oxygens (including phenoxy) is 3. The Labute approximate surface area is 172 Å². The molecule has 152 valence electrons. The van der Waals surface area contributed by atoms with Crippen LogP contribution in [0.15, 0.2) is 36.9 Å². The summed E-state index contributed by atoms with van der Waals surface area (Å²) >= 11 is 14.7. The number of hydrogen-bond acceptors (Lipinski definition) is 6. The Bertz CT molecular complexity index is 675. The van der Waals surface area contributed by atoms with Gasteiger partial charge in [0.05, 0.1) is 6.61 Å². The van der Waals surface area contributed by atoms with Crippen LogP contribution < -0.4 is 0 Å². The summed E-state index contributed by atoms with van der Waals surface area (Å²) in [4.78, 5) is 20.2. The second-order valence-corrected chi connectivity index (χ2v) is 5.56. The lowest BCUT2D eigenvalue weighted by atomic mass is 10.4. The molecule has 0 saturated heterocycles. The molecule has 2 aromatic heterocycles. The van der Waals surface area contributed by atoms with Gasteiger partial charge in [0, 0.05) is 56.0 Å². The van der Waals surface area contributed by atoms with Gasteiger partial charge in [-0.25, -0.2) is 9.59 Å². The van der Waals surface area contributed by atoms with Gasteiger partial charge in [0.1, 0.15) is 6.61 Å². The van der Waals surface area contributed by atoms with Crippen LogP contribution in [-0.4, -0.2) is 38.0 Å². The quantitative estimate of drug-likeness (QED) is 0.427. The third kappa shape index (κ3) is 13.9. The Balaban J connectivity index is 0.000000413. The molecule has 2 aromatic rings. The van der Waals surface area contributed by atoms with Crippen molar-refractivity contribution in [3.8, 4) is 0 Å². The molecule has 0 aromatic carbocycles. The summed E-state index contributed by atoms with van der Waals surface area (Å²) in [7, 11) is 3.82. The van der Waals surface area contributed by atoms with Crippen LogP contribution in [-0.2, 0) is 41.5 Å². The number of rotatable bonds is 5.